The zero-order chi connectivity index (χ0) is 15.9. The average molecular weight is 297 g/mol. The lowest BCUT2D eigenvalue weighted by Gasteiger charge is -2.09. The van der Waals surface area contributed by atoms with Gasteiger partial charge in [-0.15, -0.1) is 10.2 Å². The van der Waals surface area contributed by atoms with Crippen molar-refractivity contribution in [3.63, 3.8) is 0 Å². The fourth-order valence-corrected chi connectivity index (χ4v) is 1.82. The number of nitriles is 1. The molecule has 22 heavy (non-hydrogen) atoms. The third-order valence-electron chi connectivity index (χ3n) is 3.14. The maximum Gasteiger partial charge on any atom is 0.317 e. The molecule has 0 saturated carbocycles. The first kappa shape index (κ1) is 15.6. The van der Waals surface area contributed by atoms with Gasteiger partial charge in [-0.05, 0) is 17.2 Å². The van der Waals surface area contributed by atoms with Crippen LogP contribution >= 0.6 is 0 Å². The molecule has 6 nitrogen and oxygen atoms in total. The Bertz CT molecular complexity index is 675. The fourth-order valence-electron chi connectivity index (χ4n) is 1.82. The number of aliphatic hydroxyl groups is 1. The van der Waals surface area contributed by atoms with Crippen LogP contribution in [0.1, 0.15) is 29.7 Å². The number of hydrogen-bond acceptors (Lipinski definition) is 6. The summed E-state index contributed by atoms with van der Waals surface area (Å²) in [7, 11) is 0. The van der Waals surface area contributed by atoms with Crippen molar-refractivity contribution in [1.82, 2.24) is 10.2 Å². The molecule has 0 aliphatic heterocycles. The Morgan fingerprint density at radius 2 is 2.00 bits per heavy atom. The lowest BCUT2D eigenvalue weighted by atomic mass is 10.00. The highest BCUT2D eigenvalue weighted by Gasteiger charge is 2.09. The Labute approximate surface area is 128 Å². The maximum absolute atomic E-state index is 11.8. The summed E-state index contributed by atoms with van der Waals surface area (Å²) in [6.45, 7) is 2.01. The van der Waals surface area contributed by atoms with Gasteiger partial charge in [-0.2, -0.15) is 5.26 Å². The molecule has 1 heterocycles. The van der Waals surface area contributed by atoms with E-state index in [1.165, 1.54) is 12.1 Å². The first-order valence-electron chi connectivity index (χ1n) is 6.76. The smallest absolute Gasteiger partial charge is 0.317 e. The molecule has 2 rings (SSSR count). The second-order valence-electron chi connectivity index (χ2n) is 4.84. The third-order valence-corrected chi connectivity index (χ3v) is 3.14. The summed E-state index contributed by atoms with van der Waals surface area (Å²) in [6.07, 6.45) is 0.107. The summed E-state index contributed by atoms with van der Waals surface area (Å²) < 4.78 is 5.05. The van der Waals surface area contributed by atoms with Gasteiger partial charge >= 0.3 is 5.97 Å². The number of ether oxygens (including phenoxy) is 1. The summed E-state index contributed by atoms with van der Waals surface area (Å²) in [5.41, 5.74) is 1.98. The van der Waals surface area contributed by atoms with Gasteiger partial charge in [-0.25, -0.2) is 0 Å². The van der Waals surface area contributed by atoms with Gasteiger partial charge in [0.05, 0.1) is 6.42 Å². The molecule has 1 unspecified atom stereocenters. The summed E-state index contributed by atoms with van der Waals surface area (Å²) in [5.74, 6) is -0.327. The van der Waals surface area contributed by atoms with Crippen LogP contribution in [0.2, 0.25) is 0 Å². The molecule has 1 atom stereocenters. The van der Waals surface area contributed by atoms with Crippen LogP contribution in [0.15, 0.2) is 36.4 Å². The number of esters is 1. The molecule has 1 aromatic heterocycles. The normalized spacial score (nSPS) is 11.5. The summed E-state index contributed by atoms with van der Waals surface area (Å²) >= 11 is 0. The van der Waals surface area contributed by atoms with Crippen molar-refractivity contribution in [2.45, 2.75) is 19.3 Å². The van der Waals surface area contributed by atoms with Gasteiger partial charge in [-0.3, -0.25) is 4.79 Å². The topological polar surface area (TPSA) is 96.1 Å². The monoisotopic (exact) mass is 297 g/mol. The second kappa shape index (κ2) is 7.29. The van der Waals surface area contributed by atoms with Crippen molar-refractivity contribution < 1.29 is 14.6 Å². The van der Waals surface area contributed by atoms with E-state index in [2.05, 4.69) is 10.2 Å². The molecule has 6 heteroatoms. The first-order valence-corrected chi connectivity index (χ1v) is 6.76. The Morgan fingerprint density at radius 1 is 1.27 bits per heavy atom. The molecular weight excluding hydrogens is 282 g/mol. The quantitative estimate of drug-likeness (QED) is 0.842. The highest BCUT2D eigenvalue weighted by molar-refractivity contribution is 5.74. The predicted octanol–water partition coefficient (Wildman–Crippen LogP) is 1.59. The second-order valence-corrected chi connectivity index (χ2v) is 4.84. The Kier molecular flexibility index (Phi) is 5.17. The standard InChI is InChI=1S/C16H15N3O3/c1-11(10-20)13-4-2-12(3-5-13)8-16(21)22-15-7-6-14(9-17)18-19-15/h2-7,11,20H,8,10H2,1H3. The van der Waals surface area contributed by atoms with Crippen LogP contribution in [0.5, 0.6) is 5.88 Å². The van der Waals surface area contributed by atoms with Crippen LogP contribution in [-0.4, -0.2) is 27.9 Å². The van der Waals surface area contributed by atoms with Crippen LogP contribution in [0, 0.1) is 11.3 Å². The number of aliphatic hydroxyl groups excluding tert-OH is 1. The number of carbonyl (C=O) groups excluding carboxylic acids is 1. The minimum absolute atomic E-state index is 0.0644. The number of carbonyl (C=O) groups is 1. The van der Waals surface area contributed by atoms with E-state index in [9.17, 15) is 4.79 Å². The molecule has 0 radical (unpaired) electrons. The van der Waals surface area contributed by atoms with Crippen LogP contribution in [0.4, 0.5) is 0 Å². The Balaban J connectivity index is 1.95. The van der Waals surface area contributed by atoms with E-state index in [1.807, 2.05) is 37.3 Å². The minimum atomic E-state index is -0.457. The molecule has 0 fully saturated rings. The van der Waals surface area contributed by atoms with Gasteiger partial charge in [-0.1, -0.05) is 31.2 Å². The maximum atomic E-state index is 11.8. The van der Waals surface area contributed by atoms with E-state index in [0.717, 1.165) is 11.1 Å². The first-order chi connectivity index (χ1) is 10.6. The predicted molar refractivity (Wildman–Crippen MR) is 78.0 cm³/mol. The Hall–Kier alpha value is -2.78. The minimum Gasteiger partial charge on any atom is -0.406 e. The molecule has 1 N–H and O–H groups in total. The van der Waals surface area contributed by atoms with Crippen LogP contribution in [0.25, 0.3) is 0 Å². The fraction of sp³-hybridized carbons (Fsp3) is 0.250. The zero-order valence-electron chi connectivity index (χ0n) is 12.1. The lowest BCUT2D eigenvalue weighted by molar-refractivity contribution is -0.133. The van der Waals surface area contributed by atoms with Crippen molar-refractivity contribution in [2.75, 3.05) is 6.61 Å². The molecule has 1 aromatic carbocycles. The zero-order valence-corrected chi connectivity index (χ0v) is 12.1. The molecule has 0 aliphatic rings. The van der Waals surface area contributed by atoms with Gasteiger partial charge in [0.1, 0.15) is 6.07 Å². The van der Waals surface area contributed by atoms with E-state index in [1.54, 1.807) is 0 Å². The number of aromatic nitrogens is 2. The van der Waals surface area contributed by atoms with Crippen molar-refractivity contribution >= 4 is 5.97 Å². The molecule has 0 spiro atoms. The summed E-state index contributed by atoms with van der Waals surface area (Å²) in [6, 6.07) is 12.1. The van der Waals surface area contributed by atoms with Crippen LogP contribution in [0.3, 0.4) is 0 Å². The lowest BCUT2D eigenvalue weighted by Crippen LogP contribution is -2.12. The van der Waals surface area contributed by atoms with E-state index in [-0.39, 0.29) is 30.5 Å². The molecular formula is C16H15N3O3. The number of benzene rings is 1. The number of rotatable bonds is 5. The van der Waals surface area contributed by atoms with Gasteiger partial charge in [0.25, 0.3) is 0 Å². The van der Waals surface area contributed by atoms with Crippen molar-refractivity contribution in [3.8, 4) is 11.9 Å². The summed E-state index contributed by atoms with van der Waals surface area (Å²) in [4.78, 5) is 11.8. The molecule has 0 amide bonds. The molecule has 2 aromatic rings. The van der Waals surface area contributed by atoms with Gasteiger partial charge in [0.15, 0.2) is 5.69 Å². The summed E-state index contributed by atoms with van der Waals surface area (Å²) in [5, 5.41) is 24.9. The molecule has 112 valence electrons. The third kappa shape index (κ3) is 4.11. The van der Waals surface area contributed by atoms with E-state index in [0.29, 0.717) is 0 Å². The number of nitrogens with zero attached hydrogens (tertiary/aromatic N) is 3. The van der Waals surface area contributed by atoms with Crippen molar-refractivity contribution in [1.29, 1.82) is 5.26 Å². The molecule has 0 saturated heterocycles. The van der Waals surface area contributed by atoms with Gasteiger partial charge in [0, 0.05) is 18.6 Å². The van der Waals surface area contributed by atoms with Crippen LogP contribution in [-0.2, 0) is 11.2 Å². The number of hydrogen-bond donors (Lipinski definition) is 1. The van der Waals surface area contributed by atoms with Gasteiger partial charge in [0.2, 0.25) is 5.88 Å². The van der Waals surface area contributed by atoms with Crippen molar-refractivity contribution in [2.24, 2.45) is 0 Å². The van der Waals surface area contributed by atoms with Crippen LogP contribution < -0.4 is 4.74 Å². The SMILES string of the molecule is CC(CO)c1ccc(CC(=O)Oc2ccc(C#N)nn2)cc1. The van der Waals surface area contributed by atoms with E-state index in [4.69, 9.17) is 15.1 Å². The molecule has 0 aliphatic carbocycles. The van der Waals surface area contributed by atoms with E-state index >= 15 is 0 Å². The Morgan fingerprint density at radius 3 is 2.55 bits per heavy atom. The molecule has 0 bridgehead atoms. The highest BCUT2D eigenvalue weighted by Crippen LogP contribution is 2.15. The average Bonchev–Trinajstić information content (AvgIpc) is 2.55. The van der Waals surface area contributed by atoms with E-state index < -0.39 is 5.97 Å². The van der Waals surface area contributed by atoms with Crippen molar-refractivity contribution in [3.05, 3.63) is 53.2 Å². The van der Waals surface area contributed by atoms with Gasteiger partial charge < -0.3 is 9.84 Å². The highest BCUT2D eigenvalue weighted by atomic mass is 16.5. The largest absolute Gasteiger partial charge is 0.406 e.